The van der Waals surface area contributed by atoms with Crippen LogP contribution in [0.1, 0.15) is 10.4 Å². The van der Waals surface area contributed by atoms with E-state index >= 15 is 0 Å². The molecule has 6 heteroatoms. The predicted octanol–water partition coefficient (Wildman–Crippen LogP) is 2.02. The van der Waals surface area contributed by atoms with Gasteiger partial charge < -0.3 is 0 Å². The van der Waals surface area contributed by atoms with E-state index in [0.717, 1.165) is 37.6 Å². The Hall–Kier alpha value is -2.02. The van der Waals surface area contributed by atoms with Crippen molar-refractivity contribution in [2.24, 2.45) is 5.10 Å². The number of hydrogen-bond donors (Lipinski definition) is 1. The maximum atomic E-state index is 11.9. The highest BCUT2D eigenvalue weighted by Crippen LogP contribution is 2.08. The second-order valence-electron chi connectivity index (χ2n) is 5.85. The molecule has 1 aromatic carbocycles. The minimum absolute atomic E-state index is 0.0562. The number of hydrazone groups is 1. The van der Waals surface area contributed by atoms with Crippen molar-refractivity contribution in [2.45, 2.75) is 6.54 Å². The highest BCUT2D eigenvalue weighted by Gasteiger charge is 2.18. The van der Waals surface area contributed by atoms with E-state index in [1.54, 1.807) is 17.6 Å². The fourth-order valence-corrected chi connectivity index (χ4v) is 3.30. The molecular formula is C18H22N4OS. The van der Waals surface area contributed by atoms with E-state index < -0.39 is 0 Å². The molecule has 1 aliphatic heterocycles. The average molecular weight is 342 g/mol. The summed E-state index contributed by atoms with van der Waals surface area (Å²) in [5.41, 5.74) is 3.94. The van der Waals surface area contributed by atoms with E-state index in [0.29, 0.717) is 6.54 Å². The third-order valence-corrected chi connectivity index (χ3v) is 4.81. The van der Waals surface area contributed by atoms with Gasteiger partial charge in [-0.15, -0.1) is 11.3 Å². The molecule has 0 radical (unpaired) electrons. The number of hydrogen-bond acceptors (Lipinski definition) is 5. The summed E-state index contributed by atoms with van der Waals surface area (Å²) >= 11 is 1.59. The molecule has 1 N–H and O–H groups in total. The maximum absolute atomic E-state index is 11.9. The van der Waals surface area contributed by atoms with Gasteiger partial charge in [0.05, 0.1) is 12.8 Å². The van der Waals surface area contributed by atoms with Crippen molar-refractivity contribution in [1.29, 1.82) is 0 Å². The van der Waals surface area contributed by atoms with Crippen LogP contribution in [-0.4, -0.2) is 54.6 Å². The predicted molar refractivity (Wildman–Crippen MR) is 98.2 cm³/mol. The number of nitrogens with one attached hydrogen (secondary N) is 1. The average Bonchev–Trinajstić information content (AvgIpc) is 3.11. The van der Waals surface area contributed by atoms with Crippen molar-refractivity contribution in [2.75, 3.05) is 32.7 Å². The first-order valence-corrected chi connectivity index (χ1v) is 9.01. The van der Waals surface area contributed by atoms with Crippen molar-refractivity contribution in [3.8, 4) is 0 Å². The second kappa shape index (κ2) is 8.73. The standard InChI is InChI=1S/C18H22N4OS/c23-18(20-19-13-17-7-4-12-24-17)15-22-10-8-21(9-11-22)14-16-5-2-1-3-6-16/h1-7,12-13H,8-11,14-15H2,(H,20,23). The molecule has 5 nitrogen and oxygen atoms in total. The molecule has 2 heterocycles. The molecule has 1 aromatic heterocycles. The third kappa shape index (κ3) is 5.26. The van der Waals surface area contributed by atoms with Crippen molar-refractivity contribution in [3.05, 3.63) is 58.3 Å². The summed E-state index contributed by atoms with van der Waals surface area (Å²) in [6.45, 7) is 5.18. The van der Waals surface area contributed by atoms with Gasteiger partial charge in [-0.05, 0) is 17.0 Å². The first-order valence-electron chi connectivity index (χ1n) is 8.13. The van der Waals surface area contributed by atoms with Crippen LogP contribution in [0.3, 0.4) is 0 Å². The van der Waals surface area contributed by atoms with Crippen LogP contribution in [0.15, 0.2) is 52.9 Å². The monoisotopic (exact) mass is 342 g/mol. The van der Waals surface area contributed by atoms with Crippen LogP contribution in [0, 0.1) is 0 Å². The normalized spacial score (nSPS) is 16.5. The Morgan fingerprint density at radius 1 is 1.08 bits per heavy atom. The molecule has 0 saturated carbocycles. The highest BCUT2D eigenvalue weighted by atomic mass is 32.1. The number of rotatable bonds is 6. The summed E-state index contributed by atoms with van der Waals surface area (Å²) in [6.07, 6.45) is 1.68. The van der Waals surface area contributed by atoms with Crippen LogP contribution >= 0.6 is 11.3 Å². The van der Waals surface area contributed by atoms with Crippen LogP contribution in [0.25, 0.3) is 0 Å². The van der Waals surface area contributed by atoms with Crippen LogP contribution in [0.2, 0.25) is 0 Å². The molecule has 3 rings (SSSR count). The fourth-order valence-electron chi connectivity index (χ4n) is 2.72. The lowest BCUT2D eigenvalue weighted by atomic mass is 10.2. The fraction of sp³-hybridized carbons (Fsp3) is 0.333. The lowest BCUT2D eigenvalue weighted by Gasteiger charge is -2.34. The Morgan fingerprint density at radius 3 is 2.54 bits per heavy atom. The summed E-state index contributed by atoms with van der Waals surface area (Å²) in [6, 6.07) is 14.4. The minimum Gasteiger partial charge on any atom is -0.297 e. The molecule has 1 saturated heterocycles. The number of benzene rings is 1. The molecule has 2 aromatic rings. The van der Waals surface area contributed by atoms with Crippen molar-refractivity contribution in [3.63, 3.8) is 0 Å². The first kappa shape index (κ1) is 16.8. The minimum atomic E-state index is -0.0562. The number of carbonyl (C=O) groups is 1. The van der Waals surface area contributed by atoms with Gasteiger partial charge in [-0.25, -0.2) is 5.43 Å². The summed E-state index contributed by atoms with van der Waals surface area (Å²) in [7, 11) is 0. The van der Waals surface area contributed by atoms with Crippen LogP contribution in [0.4, 0.5) is 0 Å². The van der Waals surface area contributed by atoms with E-state index in [9.17, 15) is 4.79 Å². The Balaban J connectivity index is 1.36. The second-order valence-corrected chi connectivity index (χ2v) is 6.83. The Kier molecular flexibility index (Phi) is 6.12. The van der Waals surface area contributed by atoms with Crippen LogP contribution in [0.5, 0.6) is 0 Å². The Morgan fingerprint density at radius 2 is 1.83 bits per heavy atom. The van der Waals surface area contributed by atoms with E-state index in [1.807, 2.05) is 23.6 Å². The third-order valence-electron chi connectivity index (χ3n) is 4.01. The van der Waals surface area contributed by atoms with Crippen molar-refractivity contribution >= 4 is 23.5 Å². The molecule has 126 valence electrons. The molecule has 24 heavy (non-hydrogen) atoms. The zero-order valence-electron chi connectivity index (χ0n) is 13.6. The quantitative estimate of drug-likeness (QED) is 0.645. The topological polar surface area (TPSA) is 47.9 Å². The molecular weight excluding hydrogens is 320 g/mol. The molecule has 0 aliphatic carbocycles. The van der Waals surface area contributed by atoms with E-state index in [1.165, 1.54) is 5.56 Å². The van der Waals surface area contributed by atoms with Crippen molar-refractivity contribution < 1.29 is 4.79 Å². The largest absolute Gasteiger partial charge is 0.297 e. The van der Waals surface area contributed by atoms with Gasteiger partial charge in [0.15, 0.2) is 0 Å². The number of carbonyl (C=O) groups excluding carboxylic acids is 1. The summed E-state index contributed by atoms with van der Waals surface area (Å²) in [5, 5.41) is 5.98. The number of piperazine rings is 1. The van der Waals surface area contributed by atoms with E-state index in [4.69, 9.17) is 0 Å². The SMILES string of the molecule is O=C(CN1CCN(Cc2ccccc2)CC1)NN=Cc1cccs1. The summed E-state index contributed by atoms with van der Waals surface area (Å²) in [4.78, 5) is 17.6. The number of amides is 1. The molecule has 0 unspecified atom stereocenters. The molecule has 1 fully saturated rings. The Labute approximate surface area is 146 Å². The maximum Gasteiger partial charge on any atom is 0.254 e. The van der Waals surface area contributed by atoms with Crippen LogP contribution < -0.4 is 5.43 Å². The van der Waals surface area contributed by atoms with Gasteiger partial charge in [-0.2, -0.15) is 5.10 Å². The molecule has 1 amide bonds. The Bertz CT molecular complexity index is 649. The highest BCUT2D eigenvalue weighted by molar-refractivity contribution is 7.11. The molecule has 1 aliphatic rings. The zero-order valence-corrected chi connectivity index (χ0v) is 14.4. The van der Waals surface area contributed by atoms with Gasteiger partial charge in [0.25, 0.3) is 5.91 Å². The lowest BCUT2D eigenvalue weighted by molar-refractivity contribution is -0.122. The molecule has 0 bridgehead atoms. The molecule has 0 atom stereocenters. The van der Waals surface area contributed by atoms with E-state index in [-0.39, 0.29) is 5.91 Å². The summed E-state index contributed by atoms with van der Waals surface area (Å²) < 4.78 is 0. The number of thiophene rings is 1. The summed E-state index contributed by atoms with van der Waals surface area (Å²) in [5.74, 6) is -0.0562. The smallest absolute Gasteiger partial charge is 0.254 e. The molecule has 0 spiro atoms. The van der Waals surface area contributed by atoms with Gasteiger partial charge in [-0.3, -0.25) is 14.6 Å². The van der Waals surface area contributed by atoms with Gasteiger partial charge in [0, 0.05) is 37.6 Å². The zero-order chi connectivity index (χ0) is 16.6. The van der Waals surface area contributed by atoms with Crippen LogP contribution in [-0.2, 0) is 11.3 Å². The van der Waals surface area contributed by atoms with Gasteiger partial charge in [-0.1, -0.05) is 36.4 Å². The van der Waals surface area contributed by atoms with Gasteiger partial charge >= 0.3 is 0 Å². The van der Waals surface area contributed by atoms with Gasteiger partial charge in [0.2, 0.25) is 0 Å². The van der Waals surface area contributed by atoms with E-state index in [2.05, 4.69) is 44.6 Å². The number of nitrogens with zero attached hydrogens (tertiary/aromatic N) is 3. The van der Waals surface area contributed by atoms with Crippen molar-refractivity contribution in [1.82, 2.24) is 15.2 Å². The lowest BCUT2D eigenvalue weighted by Crippen LogP contribution is -2.48. The first-order chi connectivity index (χ1) is 11.8. The van der Waals surface area contributed by atoms with Gasteiger partial charge in [0.1, 0.15) is 0 Å².